The van der Waals surface area contributed by atoms with Crippen molar-refractivity contribution in [3.8, 4) is 0 Å². The van der Waals surface area contributed by atoms with Crippen LogP contribution in [-0.4, -0.2) is 74.6 Å². The smallest absolute Gasteiger partial charge is 0.326 e. The van der Waals surface area contributed by atoms with Gasteiger partial charge in [0.2, 0.25) is 23.6 Å². The van der Waals surface area contributed by atoms with Crippen molar-refractivity contribution in [1.82, 2.24) is 25.9 Å². The van der Waals surface area contributed by atoms with E-state index in [-0.39, 0.29) is 12.2 Å². The van der Waals surface area contributed by atoms with Gasteiger partial charge in [-0.3, -0.25) is 19.2 Å². The van der Waals surface area contributed by atoms with Crippen molar-refractivity contribution < 1.29 is 29.1 Å². The Balaban J connectivity index is 2.83. The highest BCUT2D eigenvalue weighted by molar-refractivity contribution is 7.80. The van der Waals surface area contributed by atoms with Crippen molar-refractivity contribution in [3.05, 3.63) is 18.2 Å². The van der Waals surface area contributed by atoms with Gasteiger partial charge in [0.05, 0.1) is 18.8 Å². The fraction of sp³-hybridized carbons (Fsp3) is 0.556. The number of carboxylic acid groups (broad SMARTS) is 1. The van der Waals surface area contributed by atoms with Crippen molar-refractivity contribution in [2.24, 2.45) is 17.4 Å². The standard InChI is InChI=1S/C18H29N7O6S/c1-8(2)14(18(30)31)25-17(29)12(6-32)24-16(28)11(4-13(20)26)23-15(27)10(19)3-9-5-21-7-22-9/h5,7-8,10-12,14,32H,3-4,6,19H2,1-2H3,(H2,20,26)(H,21,22)(H,23,27)(H,24,28)(H,25,29)(H,30,31). The number of carbonyl (C=O) groups is 5. The molecule has 4 atom stereocenters. The van der Waals surface area contributed by atoms with Gasteiger partial charge in [0, 0.05) is 24.1 Å². The predicted molar refractivity (Wildman–Crippen MR) is 116 cm³/mol. The van der Waals surface area contributed by atoms with Gasteiger partial charge in [0.1, 0.15) is 18.1 Å². The van der Waals surface area contributed by atoms with Crippen LogP contribution >= 0.6 is 12.6 Å². The third-order valence-electron chi connectivity index (χ3n) is 4.42. The Morgan fingerprint density at radius 2 is 1.69 bits per heavy atom. The van der Waals surface area contributed by atoms with Gasteiger partial charge in [-0.15, -0.1) is 0 Å². The summed E-state index contributed by atoms with van der Waals surface area (Å²) in [4.78, 5) is 66.8. The van der Waals surface area contributed by atoms with E-state index >= 15 is 0 Å². The van der Waals surface area contributed by atoms with Crippen LogP contribution in [0.5, 0.6) is 0 Å². The Hall–Kier alpha value is -3.13. The molecule has 1 aromatic rings. The van der Waals surface area contributed by atoms with Crippen LogP contribution in [0, 0.1) is 5.92 Å². The summed E-state index contributed by atoms with van der Waals surface area (Å²) in [7, 11) is 0. The predicted octanol–water partition coefficient (Wildman–Crippen LogP) is -2.72. The second kappa shape index (κ2) is 12.7. The number of aromatic amines is 1. The summed E-state index contributed by atoms with van der Waals surface area (Å²) in [6, 6.07) is -4.85. The Bertz CT molecular complexity index is 817. The third-order valence-corrected chi connectivity index (χ3v) is 4.78. The topological polar surface area (TPSA) is 222 Å². The number of H-pyrrole nitrogens is 1. The van der Waals surface area contributed by atoms with Crippen molar-refractivity contribution in [1.29, 1.82) is 0 Å². The number of carboxylic acids is 1. The van der Waals surface area contributed by atoms with Gasteiger partial charge in [0.15, 0.2) is 0 Å². The van der Waals surface area contributed by atoms with E-state index in [1.165, 1.54) is 12.5 Å². The van der Waals surface area contributed by atoms with Crippen LogP contribution in [0.1, 0.15) is 26.0 Å². The number of nitrogens with two attached hydrogens (primary N) is 2. The highest BCUT2D eigenvalue weighted by atomic mass is 32.1. The van der Waals surface area contributed by atoms with Crippen LogP contribution in [0.3, 0.4) is 0 Å². The first kappa shape index (κ1) is 26.9. The third kappa shape index (κ3) is 8.55. The van der Waals surface area contributed by atoms with E-state index in [0.29, 0.717) is 5.69 Å². The van der Waals surface area contributed by atoms with Gasteiger partial charge >= 0.3 is 5.97 Å². The molecule has 0 aliphatic heterocycles. The zero-order chi connectivity index (χ0) is 24.4. The van der Waals surface area contributed by atoms with Crippen LogP contribution in [0.2, 0.25) is 0 Å². The van der Waals surface area contributed by atoms with E-state index < -0.39 is 66.1 Å². The number of nitrogens with zero attached hydrogens (tertiary/aromatic N) is 1. The molecular weight excluding hydrogens is 442 g/mol. The zero-order valence-electron chi connectivity index (χ0n) is 17.7. The number of rotatable bonds is 13. The SMILES string of the molecule is CC(C)C(NC(=O)C(CS)NC(=O)C(CC(N)=O)NC(=O)C(N)Cc1cnc[nH]1)C(=O)O. The van der Waals surface area contributed by atoms with Gasteiger partial charge in [-0.25, -0.2) is 9.78 Å². The second-order valence-corrected chi connectivity index (χ2v) is 7.80. The van der Waals surface area contributed by atoms with Gasteiger partial charge in [-0.2, -0.15) is 12.6 Å². The minimum atomic E-state index is -1.40. The summed E-state index contributed by atoms with van der Waals surface area (Å²) >= 11 is 4.01. The minimum absolute atomic E-state index is 0.101. The average Bonchev–Trinajstić information content (AvgIpc) is 3.21. The molecule has 0 saturated heterocycles. The molecule has 0 bridgehead atoms. The lowest BCUT2D eigenvalue weighted by atomic mass is 10.0. The van der Waals surface area contributed by atoms with Crippen LogP contribution in [0.15, 0.2) is 12.5 Å². The van der Waals surface area contributed by atoms with Gasteiger partial charge in [-0.05, 0) is 5.92 Å². The first-order valence-electron chi connectivity index (χ1n) is 9.72. The molecule has 0 radical (unpaired) electrons. The van der Waals surface area contributed by atoms with E-state index in [9.17, 15) is 29.1 Å². The maximum absolute atomic E-state index is 12.7. The molecule has 0 aliphatic rings. The molecule has 1 aromatic heterocycles. The number of primary amides is 1. The van der Waals surface area contributed by atoms with Gasteiger partial charge in [-0.1, -0.05) is 13.8 Å². The molecule has 0 aromatic carbocycles. The maximum atomic E-state index is 12.7. The van der Waals surface area contributed by atoms with Crippen molar-refractivity contribution >= 4 is 42.2 Å². The Labute approximate surface area is 189 Å². The van der Waals surface area contributed by atoms with Crippen LogP contribution in [0.25, 0.3) is 0 Å². The lowest BCUT2D eigenvalue weighted by Gasteiger charge is -2.24. The molecule has 178 valence electrons. The number of amides is 4. The largest absolute Gasteiger partial charge is 0.480 e. The first-order chi connectivity index (χ1) is 15.0. The van der Waals surface area contributed by atoms with E-state index in [4.69, 9.17) is 11.5 Å². The average molecular weight is 472 g/mol. The lowest BCUT2D eigenvalue weighted by Crippen LogP contribution is -2.58. The molecule has 4 unspecified atom stereocenters. The van der Waals surface area contributed by atoms with Crippen molar-refractivity contribution in [3.63, 3.8) is 0 Å². The fourth-order valence-electron chi connectivity index (χ4n) is 2.65. The van der Waals surface area contributed by atoms with Crippen LogP contribution in [-0.2, 0) is 30.4 Å². The van der Waals surface area contributed by atoms with Crippen LogP contribution < -0.4 is 27.4 Å². The molecule has 1 rings (SSSR count). The maximum Gasteiger partial charge on any atom is 0.326 e. The van der Waals surface area contributed by atoms with Crippen molar-refractivity contribution in [2.45, 2.75) is 50.9 Å². The highest BCUT2D eigenvalue weighted by Crippen LogP contribution is 2.04. The Kier molecular flexibility index (Phi) is 10.6. The quantitative estimate of drug-likeness (QED) is 0.141. The minimum Gasteiger partial charge on any atom is -0.480 e. The molecule has 4 amide bonds. The van der Waals surface area contributed by atoms with E-state index in [2.05, 4.69) is 38.5 Å². The summed E-state index contributed by atoms with van der Waals surface area (Å²) in [5, 5.41) is 16.2. The van der Waals surface area contributed by atoms with E-state index in [0.717, 1.165) is 0 Å². The van der Waals surface area contributed by atoms with Gasteiger partial charge < -0.3 is 37.5 Å². The number of imidazole rings is 1. The molecular formula is C18H29N7O6S. The number of hydrogen-bond acceptors (Lipinski definition) is 8. The molecule has 32 heavy (non-hydrogen) atoms. The Morgan fingerprint density at radius 1 is 1.09 bits per heavy atom. The van der Waals surface area contributed by atoms with E-state index in [1.807, 2.05) is 0 Å². The number of nitrogens with one attached hydrogen (secondary N) is 4. The molecule has 0 spiro atoms. The Morgan fingerprint density at radius 3 is 2.16 bits per heavy atom. The molecule has 0 aliphatic carbocycles. The molecule has 0 saturated carbocycles. The monoisotopic (exact) mass is 471 g/mol. The van der Waals surface area contributed by atoms with Crippen LogP contribution in [0.4, 0.5) is 0 Å². The molecule has 0 fully saturated rings. The number of aliphatic carboxylic acids is 1. The number of carbonyl (C=O) groups excluding carboxylic acids is 4. The fourth-order valence-corrected chi connectivity index (χ4v) is 2.91. The number of hydrogen-bond donors (Lipinski definition) is 8. The first-order valence-corrected chi connectivity index (χ1v) is 10.3. The summed E-state index contributed by atoms with van der Waals surface area (Å²) < 4.78 is 0. The summed E-state index contributed by atoms with van der Waals surface area (Å²) in [5.74, 6) is -5.07. The van der Waals surface area contributed by atoms with E-state index in [1.54, 1.807) is 13.8 Å². The lowest BCUT2D eigenvalue weighted by molar-refractivity contribution is -0.143. The molecule has 9 N–H and O–H groups in total. The number of aromatic nitrogens is 2. The highest BCUT2D eigenvalue weighted by Gasteiger charge is 2.31. The zero-order valence-corrected chi connectivity index (χ0v) is 18.6. The summed E-state index contributed by atoms with van der Waals surface area (Å²) in [6.07, 6.45) is 2.46. The number of thiol groups is 1. The van der Waals surface area contributed by atoms with Gasteiger partial charge in [0.25, 0.3) is 0 Å². The second-order valence-electron chi connectivity index (χ2n) is 7.43. The molecule has 13 nitrogen and oxygen atoms in total. The molecule has 14 heteroatoms. The van der Waals surface area contributed by atoms with Crippen molar-refractivity contribution in [2.75, 3.05) is 5.75 Å². The molecule has 1 heterocycles. The normalized spacial score (nSPS) is 14.7. The summed E-state index contributed by atoms with van der Waals surface area (Å²) in [5.41, 5.74) is 11.6. The summed E-state index contributed by atoms with van der Waals surface area (Å²) in [6.45, 7) is 3.22.